The van der Waals surface area contributed by atoms with Crippen molar-refractivity contribution in [2.75, 3.05) is 20.1 Å². The molecule has 1 saturated heterocycles. The second-order valence-electron chi connectivity index (χ2n) is 5.95. The third-order valence-electron chi connectivity index (χ3n) is 4.42. The van der Waals surface area contributed by atoms with Gasteiger partial charge in [0.15, 0.2) is 0 Å². The smallest absolute Gasteiger partial charge is 0.308 e. The van der Waals surface area contributed by atoms with Crippen LogP contribution in [0.15, 0.2) is 0 Å². The molecule has 2 rings (SSSR count). The Morgan fingerprint density at radius 1 is 1.16 bits per heavy atom. The van der Waals surface area contributed by atoms with Crippen molar-refractivity contribution in [2.45, 2.75) is 44.6 Å². The van der Waals surface area contributed by atoms with Crippen molar-refractivity contribution in [1.82, 2.24) is 10.2 Å². The van der Waals surface area contributed by atoms with Crippen LogP contribution < -0.4 is 5.32 Å². The number of carbonyl (C=O) groups excluding carboxylic acids is 1. The number of nitrogens with zero attached hydrogens (tertiary/aromatic N) is 1. The second kappa shape index (κ2) is 6.37. The van der Waals surface area contributed by atoms with Crippen molar-refractivity contribution >= 4 is 11.9 Å². The minimum Gasteiger partial charge on any atom is -0.481 e. The van der Waals surface area contributed by atoms with E-state index in [4.69, 9.17) is 0 Å². The van der Waals surface area contributed by atoms with Crippen LogP contribution >= 0.6 is 0 Å². The summed E-state index contributed by atoms with van der Waals surface area (Å²) in [5, 5.41) is 12.3. The number of carbonyl (C=O) groups is 2. The van der Waals surface area contributed by atoms with Crippen LogP contribution in [0.2, 0.25) is 0 Å². The molecular weight excluding hydrogens is 244 g/mol. The number of nitrogens with one attached hydrogen (secondary N) is 1. The summed E-state index contributed by atoms with van der Waals surface area (Å²) in [4.78, 5) is 25.7. The van der Waals surface area contributed by atoms with Crippen molar-refractivity contribution in [3.63, 3.8) is 0 Å². The summed E-state index contributed by atoms with van der Waals surface area (Å²) < 4.78 is 0. The zero-order valence-corrected chi connectivity index (χ0v) is 11.6. The highest BCUT2D eigenvalue weighted by Gasteiger charge is 2.33. The lowest BCUT2D eigenvalue weighted by atomic mass is 9.94. The summed E-state index contributed by atoms with van der Waals surface area (Å²) >= 11 is 0. The molecule has 0 bridgehead atoms. The van der Waals surface area contributed by atoms with Crippen LogP contribution in [0.25, 0.3) is 0 Å². The largest absolute Gasteiger partial charge is 0.481 e. The molecule has 0 aromatic heterocycles. The summed E-state index contributed by atoms with van der Waals surface area (Å²) in [5.41, 5.74) is 0. The van der Waals surface area contributed by atoms with E-state index >= 15 is 0 Å². The molecule has 0 radical (unpaired) electrons. The van der Waals surface area contributed by atoms with Gasteiger partial charge in [0.2, 0.25) is 5.91 Å². The molecule has 108 valence electrons. The zero-order chi connectivity index (χ0) is 13.8. The molecule has 2 fully saturated rings. The van der Waals surface area contributed by atoms with Gasteiger partial charge in [-0.1, -0.05) is 19.3 Å². The first kappa shape index (κ1) is 14.3. The Labute approximate surface area is 114 Å². The van der Waals surface area contributed by atoms with Gasteiger partial charge in [-0.15, -0.1) is 0 Å². The van der Waals surface area contributed by atoms with Gasteiger partial charge < -0.3 is 15.3 Å². The SMILES string of the molecule is CN1CCC(C(=O)NC2CCCCCC2C(=O)O)C1. The molecular formula is C14H24N2O3. The van der Waals surface area contributed by atoms with Gasteiger partial charge in [0.1, 0.15) is 0 Å². The molecule has 5 heteroatoms. The van der Waals surface area contributed by atoms with Gasteiger partial charge in [0, 0.05) is 12.6 Å². The number of hydrogen-bond acceptors (Lipinski definition) is 3. The lowest BCUT2D eigenvalue weighted by Gasteiger charge is -2.24. The van der Waals surface area contributed by atoms with Crippen molar-refractivity contribution < 1.29 is 14.7 Å². The number of rotatable bonds is 3. The first-order valence-electron chi connectivity index (χ1n) is 7.29. The minimum atomic E-state index is -0.768. The van der Waals surface area contributed by atoms with Gasteiger partial charge >= 0.3 is 5.97 Å². The predicted octanol–water partition coefficient (Wildman–Crippen LogP) is 1.09. The van der Waals surface area contributed by atoms with Gasteiger partial charge in [-0.3, -0.25) is 9.59 Å². The molecule has 1 heterocycles. The van der Waals surface area contributed by atoms with Crippen LogP contribution in [0.5, 0.6) is 0 Å². The van der Waals surface area contributed by atoms with Crippen molar-refractivity contribution in [2.24, 2.45) is 11.8 Å². The van der Waals surface area contributed by atoms with E-state index in [1.807, 2.05) is 7.05 Å². The first-order valence-corrected chi connectivity index (χ1v) is 7.29. The minimum absolute atomic E-state index is 0.0303. The Morgan fingerprint density at radius 3 is 2.53 bits per heavy atom. The molecule has 0 aromatic carbocycles. The van der Waals surface area contributed by atoms with Crippen LogP contribution in [0, 0.1) is 11.8 Å². The van der Waals surface area contributed by atoms with Gasteiger partial charge in [-0.25, -0.2) is 0 Å². The summed E-state index contributed by atoms with van der Waals surface area (Å²) in [6.45, 7) is 1.74. The highest BCUT2D eigenvalue weighted by Crippen LogP contribution is 2.25. The lowest BCUT2D eigenvalue weighted by Crippen LogP contribution is -2.45. The van der Waals surface area contributed by atoms with E-state index in [0.717, 1.165) is 45.2 Å². The molecule has 2 aliphatic rings. The molecule has 0 spiro atoms. The Hall–Kier alpha value is -1.10. The van der Waals surface area contributed by atoms with Crippen LogP contribution in [-0.2, 0) is 9.59 Å². The molecule has 2 N–H and O–H groups in total. The maximum absolute atomic E-state index is 12.2. The quantitative estimate of drug-likeness (QED) is 0.752. The maximum atomic E-state index is 12.2. The Morgan fingerprint density at radius 2 is 1.89 bits per heavy atom. The third kappa shape index (κ3) is 3.69. The van der Waals surface area contributed by atoms with Crippen molar-refractivity contribution in [3.05, 3.63) is 0 Å². The number of carboxylic acid groups (broad SMARTS) is 1. The van der Waals surface area contributed by atoms with E-state index in [0.29, 0.717) is 6.42 Å². The molecule has 1 amide bonds. The van der Waals surface area contributed by atoms with Crippen LogP contribution in [0.1, 0.15) is 38.5 Å². The third-order valence-corrected chi connectivity index (χ3v) is 4.42. The molecule has 5 nitrogen and oxygen atoms in total. The van der Waals surface area contributed by atoms with E-state index in [-0.39, 0.29) is 17.9 Å². The van der Waals surface area contributed by atoms with Gasteiger partial charge in [-0.05, 0) is 32.9 Å². The summed E-state index contributed by atoms with van der Waals surface area (Å²) in [6, 6.07) is -0.182. The summed E-state index contributed by atoms with van der Waals surface area (Å²) in [6.07, 6.45) is 5.40. The van der Waals surface area contributed by atoms with Crippen molar-refractivity contribution in [1.29, 1.82) is 0 Å². The molecule has 0 aromatic rings. The standard InChI is InChI=1S/C14H24N2O3/c1-16-8-7-10(9-16)13(17)15-12-6-4-2-3-5-11(12)14(18)19/h10-12H,2-9H2,1H3,(H,15,17)(H,18,19). The van der Waals surface area contributed by atoms with Crippen LogP contribution in [0.3, 0.4) is 0 Å². The molecule has 1 aliphatic carbocycles. The highest BCUT2D eigenvalue weighted by molar-refractivity contribution is 5.80. The van der Waals surface area contributed by atoms with Crippen LogP contribution in [0.4, 0.5) is 0 Å². The van der Waals surface area contributed by atoms with Gasteiger partial charge in [0.25, 0.3) is 0 Å². The fourth-order valence-corrected chi connectivity index (χ4v) is 3.23. The zero-order valence-electron chi connectivity index (χ0n) is 11.6. The number of carboxylic acids is 1. The van der Waals surface area contributed by atoms with Crippen LogP contribution in [-0.4, -0.2) is 48.1 Å². The second-order valence-corrected chi connectivity index (χ2v) is 5.95. The van der Waals surface area contributed by atoms with E-state index in [1.165, 1.54) is 0 Å². The monoisotopic (exact) mass is 268 g/mol. The topological polar surface area (TPSA) is 69.6 Å². The molecule has 1 aliphatic heterocycles. The number of amides is 1. The summed E-state index contributed by atoms with van der Waals surface area (Å²) in [5.74, 6) is -1.11. The van der Waals surface area contributed by atoms with E-state index < -0.39 is 11.9 Å². The average molecular weight is 268 g/mol. The highest BCUT2D eigenvalue weighted by atomic mass is 16.4. The Balaban J connectivity index is 1.94. The molecule has 3 atom stereocenters. The van der Waals surface area contributed by atoms with E-state index in [2.05, 4.69) is 10.2 Å². The fraction of sp³-hybridized carbons (Fsp3) is 0.857. The average Bonchev–Trinajstić information content (AvgIpc) is 2.65. The molecule has 19 heavy (non-hydrogen) atoms. The van der Waals surface area contributed by atoms with Gasteiger partial charge in [-0.2, -0.15) is 0 Å². The molecule has 1 saturated carbocycles. The normalized spacial score (nSPS) is 32.8. The predicted molar refractivity (Wildman–Crippen MR) is 71.7 cm³/mol. The summed E-state index contributed by atoms with van der Waals surface area (Å²) in [7, 11) is 2.01. The fourth-order valence-electron chi connectivity index (χ4n) is 3.23. The maximum Gasteiger partial charge on any atom is 0.308 e. The van der Waals surface area contributed by atoms with E-state index in [1.54, 1.807) is 0 Å². The van der Waals surface area contributed by atoms with Gasteiger partial charge in [0.05, 0.1) is 11.8 Å². The number of hydrogen-bond donors (Lipinski definition) is 2. The Kier molecular flexibility index (Phi) is 4.80. The first-order chi connectivity index (χ1) is 9.08. The lowest BCUT2D eigenvalue weighted by molar-refractivity contribution is -0.143. The van der Waals surface area contributed by atoms with Crippen molar-refractivity contribution in [3.8, 4) is 0 Å². The number of aliphatic carboxylic acids is 1. The Bertz CT molecular complexity index is 346. The van der Waals surface area contributed by atoms with E-state index in [9.17, 15) is 14.7 Å². The number of likely N-dealkylation sites (tertiary alicyclic amines) is 1. The molecule has 3 unspecified atom stereocenters.